The molecule has 3 aromatic heterocycles. The molecule has 26 heavy (non-hydrogen) atoms. The second-order valence-corrected chi connectivity index (χ2v) is 6.24. The topological polar surface area (TPSA) is 60.7 Å². The lowest BCUT2D eigenvalue weighted by molar-refractivity contribution is 0.103. The number of pyridine rings is 1. The van der Waals surface area contributed by atoms with Crippen LogP contribution < -0.4 is 0 Å². The van der Waals surface area contributed by atoms with Crippen molar-refractivity contribution in [1.29, 1.82) is 0 Å². The second kappa shape index (κ2) is 6.57. The minimum atomic E-state index is -0.882. The van der Waals surface area contributed by atoms with E-state index >= 15 is 0 Å². The predicted octanol–water partition coefficient (Wildman–Crippen LogP) is 3.90. The largest absolute Gasteiger partial charge is 0.306 e. The Morgan fingerprint density at radius 2 is 1.96 bits per heavy atom. The highest BCUT2D eigenvalue weighted by Gasteiger charge is 2.16. The van der Waals surface area contributed by atoms with E-state index in [1.807, 2.05) is 0 Å². The number of benzene rings is 1. The maximum Gasteiger partial charge on any atom is 0.241 e. The van der Waals surface area contributed by atoms with Gasteiger partial charge in [-0.25, -0.2) is 19.3 Å². The summed E-state index contributed by atoms with van der Waals surface area (Å²) in [7, 11) is 0. The van der Waals surface area contributed by atoms with Gasteiger partial charge in [0.25, 0.3) is 0 Å². The Morgan fingerprint density at radius 1 is 1.08 bits per heavy atom. The van der Waals surface area contributed by atoms with Crippen LogP contribution >= 0.6 is 11.3 Å². The van der Waals surface area contributed by atoms with Crippen LogP contribution in [0.15, 0.2) is 60.6 Å². The molecule has 0 saturated carbocycles. The monoisotopic (exact) mass is 368 g/mol. The lowest BCUT2D eigenvalue weighted by Crippen LogP contribution is -2.00. The molecule has 128 valence electrons. The van der Waals surface area contributed by atoms with Crippen LogP contribution in [0.5, 0.6) is 0 Å². The molecule has 0 saturated heterocycles. The predicted molar refractivity (Wildman–Crippen MR) is 92.3 cm³/mol. The zero-order chi connectivity index (χ0) is 18.1. The standard InChI is InChI=1S/C18H10F2N4OS/c19-13-4-5-21-17(20)15(13)11-2-1-3-12(8-11)24-9-14(23-10-24)16(25)18-22-6-7-26-18/h1-10H. The van der Waals surface area contributed by atoms with Crippen molar-refractivity contribution in [3.8, 4) is 16.8 Å². The summed E-state index contributed by atoms with van der Waals surface area (Å²) in [6, 6.07) is 7.70. The third-order valence-corrected chi connectivity index (χ3v) is 4.50. The number of carbonyl (C=O) groups excluding carboxylic acids is 1. The summed E-state index contributed by atoms with van der Waals surface area (Å²) in [4.78, 5) is 23.9. The van der Waals surface area contributed by atoms with E-state index in [4.69, 9.17) is 0 Å². The van der Waals surface area contributed by atoms with Crippen LogP contribution in [0, 0.1) is 11.8 Å². The number of rotatable bonds is 4. The molecule has 0 aliphatic rings. The maximum atomic E-state index is 14.0. The molecule has 5 nitrogen and oxygen atoms in total. The van der Waals surface area contributed by atoms with Crippen molar-refractivity contribution in [3.63, 3.8) is 0 Å². The highest BCUT2D eigenvalue weighted by Crippen LogP contribution is 2.26. The first-order valence-corrected chi connectivity index (χ1v) is 8.40. The molecule has 0 amide bonds. The lowest BCUT2D eigenvalue weighted by Gasteiger charge is -2.07. The van der Waals surface area contributed by atoms with Crippen molar-refractivity contribution < 1.29 is 13.6 Å². The van der Waals surface area contributed by atoms with Gasteiger partial charge >= 0.3 is 0 Å². The molecule has 0 aliphatic carbocycles. The van der Waals surface area contributed by atoms with Crippen LogP contribution in [-0.4, -0.2) is 25.3 Å². The van der Waals surface area contributed by atoms with Gasteiger partial charge in [-0.15, -0.1) is 11.3 Å². The first-order chi connectivity index (χ1) is 12.6. The second-order valence-electron chi connectivity index (χ2n) is 5.34. The van der Waals surface area contributed by atoms with Gasteiger partial charge in [0, 0.05) is 29.7 Å². The number of thiazole rings is 1. The van der Waals surface area contributed by atoms with Gasteiger partial charge in [-0.2, -0.15) is 4.39 Å². The number of aromatic nitrogens is 4. The Morgan fingerprint density at radius 3 is 2.73 bits per heavy atom. The van der Waals surface area contributed by atoms with E-state index in [0.29, 0.717) is 16.3 Å². The average molecular weight is 368 g/mol. The Bertz CT molecular complexity index is 1070. The smallest absolute Gasteiger partial charge is 0.241 e. The first-order valence-electron chi connectivity index (χ1n) is 7.52. The molecule has 0 radical (unpaired) electrons. The van der Waals surface area contributed by atoms with E-state index < -0.39 is 11.8 Å². The molecule has 3 heterocycles. The fourth-order valence-corrected chi connectivity index (χ4v) is 3.10. The maximum absolute atomic E-state index is 14.0. The molecule has 0 N–H and O–H groups in total. The fourth-order valence-electron chi connectivity index (χ4n) is 2.52. The summed E-state index contributed by atoms with van der Waals surface area (Å²) >= 11 is 1.23. The first kappa shape index (κ1) is 16.2. The molecule has 0 aliphatic heterocycles. The van der Waals surface area contributed by atoms with Crippen molar-refractivity contribution >= 4 is 17.1 Å². The van der Waals surface area contributed by atoms with Gasteiger partial charge < -0.3 is 4.57 Å². The van der Waals surface area contributed by atoms with Gasteiger partial charge in [0.2, 0.25) is 11.7 Å². The van der Waals surface area contributed by atoms with Gasteiger partial charge in [-0.05, 0) is 23.8 Å². The Kier molecular flexibility index (Phi) is 4.10. The molecular weight excluding hydrogens is 358 g/mol. The van der Waals surface area contributed by atoms with E-state index in [0.717, 1.165) is 12.3 Å². The summed E-state index contributed by atoms with van der Waals surface area (Å²) < 4.78 is 29.5. The molecule has 0 unspecified atom stereocenters. The highest BCUT2D eigenvalue weighted by atomic mass is 32.1. The molecule has 4 aromatic rings. The number of nitrogens with zero attached hydrogens (tertiary/aromatic N) is 4. The van der Waals surface area contributed by atoms with E-state index in [9.17, 15) is 13.6 Å². The molecule has 0 bridgehead atoms. The lowest BCUT2D eigenvalue weighted by atomic mass is 10.1. The van der Waals surface area contributed by atoms with Crippen LogP contribution in [0.4, 0.5) is 8.78 Å². The van der Waals surface area contributed by atoms with Gasteiger partial charge in [-0.1, -0.05) is 12.1 Å². The van der Waals surface area contributed by atoms with Crippen molar-refractivity contribution in [1.82, 2.24) is 19.5 Å². The number of hydrogen-bond donors (Lipinski definition) is 0. The Hall–Kier alpha value is -3.26. The summed E-state index contributed by atoms with van der Waals surface area (Å²) in [5.74, 6) is -1.86. The van der Waals surface area contributed by atoms with Crippen LogP contribution in [-0.2, 0) is 0 Å². The number of carbonyl (C=O) groups is 1. The fraction of sp³-hybridized carbons (Fsp3) is 0. The summed E-state index contributed by atoms with van der Waals surface area (Å²) in [6.45, 7) is 0. The molecule has 4 rings (SSSR count). The number of imidazole rings is 1. The van der Waals surface area contributed by atoms with Crippen LogP contribution in [0.1, 0.15) is 15.5 Å². The molecule has 0 fully saturated rings. The Balaban J connectivity index is 1.71. The SMILES string of the molecule is O=C(c1cn(-c2cccc(-c3c(F)ccnc3F)c2)cn1)c1nccs1. The molecule has 0 spiro atoms. The summed E-state index contributed by atoms with van der Waals surface area (Å²) in [6.07, 6.45) is 5.65. The van der Waals surface area contributed by atoms with Crippen molar-refractivity contribution in [3.05, 3.63) is 83.1 Å². The van der Waals surface area contributed by atoms with Gasteiger partial charge in [0.1, 0.15) is 17.8 Å². The van der Waals surface area contributed by atoms with E-state index in [2.05, 4.69) is 15.0 Å². The molecule has 8 heteroatoms. The zero-order valence-electron chi connectivity index (χ0n) is 13.1. The zero-order valence-corrected chi connectivity index (χ0v) is 14.0. The van der Waals surface area contributed by atoms with Crippen LogP contribution in [0.25, 0.3) is 16.8 Å². The minimum Gasteiger partial charge on any atom is -0.306 e. The highest BCUT2D eigenvalue weighted by molar-refractivity contribution is 7.11. The third kappa shape index (κ3) is 2.91. The summed E-state index contributed by atoms with van der Waals surface area (Å²) in [5, 5.41) is 2.06. The van der Waals surface area contributed by atoms with Crippen LogP contribution in [0.3, 0.4) is 0 Å². The molecular formula is C18H10F2N4OS. The average Bonchev–Trinajstić information content (AvgIpc) is 3.33. The van der Waals surface area contributed by atoms with Crippen molar-refractivity contribution in [2.75, 3.05) is 0 Å². The summed E-state index contributed by atoms with van der Waals surface area (Å²) in [5.41, 5.74) is 0.987. The third-order valence-electron chi connectivity index (χ3n) is 3.73. The number of ketones is 1. The van der Waals surface area contributed by atoms with E-state index in [-0.39, 0.29) is 17.0 Å². The van der Waals surface area contributed by atoms with Gasteiger partial charge in [-0.3, -0.25) is 4.79 Å². The van der Waals surface area contributed by atoms with Crippen molar-refractivity contribution in [2.45, 2.75) is 0 Å². The quantitative estimate of drug-likeness (QED) is 0.405. The number of halogens is 2. The van der Waals surface area contributed by atoms with Gasteiger partial charge in [0.15, 0.2) is 5.01 Å². The van der Waals surface area contributed by atoms with E-state index in [1.165, 1.54) is 17.7 Å². The Labute approximate surface area is 150 Å². The number of hydrogen-bond acceptors (Lipinski definition) is 5. The molecule has 0 atom stereocenters. The van der Waals surface area contributed by atoms with Gasteiger partial charge in [0.05, 0.1) is 5.56 Å². The normalized spacial score (nSPS) is 10.8. The van der Waals surface area contributed by atoms with E-state index in [1.54, 1.807) is 46.6 Å². The van der Waals surface area contributed by atoms with Crippen LogP contribution in [0.2, 0.25) is 0 Å². The molecule has 1 aromatic carbocycles. The van der Waals surface area contributed by atoms with Crippen molar-refractivity contribution in [2.24, 2.45) is 0 Å². The minimum absolute atomic E-state index is 0.200.